The van der Waals surface area contributed by atoms with Crippen molar-refractivity contribution in [1.82, 2.24) is 14.9 Å². The molecule has 1 atom stereocenters. The molecule has 0 aliphatic carbocycles. The van der Waals surface area contributed by atoms with Crippen molar-refractivity contribution in [3.63, 3.8) is 0 Å². The van der Waals surface area contributed by atoms with E-state index in [9.17, 15) is 0 Å². The second-order valence-corrected chi connectivity index (χ2v) is 6.67. The van der Waals surface area contributed by atoms with Crippen LogP contribution in [0.1, 0.15) is 32.0 Å². The van der Waals surface area contributed by atoms with Gasteiger partial charge in [0.05, 0.1) is 21.1 Å². The van der Waals surface area contributed by atoms with Crippen LogP contribution in [0.4, 0.5) is 0 Å². The fourth-order valence-corrected chi connectivity index (χ4v) is 3.44. The summed E-state index contributed by atoms with van der Waals surface area (Å²) in [6.07, 6.45) is 4.62. The summed E-state index contributed by atoms with van der Waals surface area (Å²) in [5, 5.41) is 4.67. The minimum Gasteiger partial charge on any atom is -0.328 e. The van der Waals surface area contributed by atoms with Gasteiger partial charge in [0.2, 0.25) is 0 Å². The second kappa shape index (κ2) is 6.55. The van der Waals surface area contributed by atoms with Crippen LogP contribution in [0.25, 0.3) is 11.0 Å². The van der Waals surface area contributed by atoms with Crippen molar-refractivity contribution in [3.05, 3.63) is 28.0 Å². The van der Waals surface area contributed by atoms with Crippen LogP contribution in [-0.4, -0.2) is 22.6 Å². The van der Waals surface area contributed by atoms with Crippen LogP contribution in [0.3, 0.4) is 0 Å². The summed E-state index contributed by atoms with van der Waals surface area (Å²) in [6.45, 7) is 5.43. The number of imidazole rings is 1. The van der Waals surface area contributed by atoms with Crippen molar-refractivity contribution in [3.8, 4) is 0 Å². The van der Waals surface area contributed by atoms with Crippen LogP contribution in [0.15, 0.2) is 12.1 Å². The molecule has 1 saturated heterocycles. The number of aromatic nitrogens is 2. The Morgan fingerprint density at radius 2 is 2.14 bits per heavy atom. The van der Waals surface area contributed by atoms with Crippen molar-refractivity contribution >= 4 is 34.2 Å². The number of aryl methyl sites for hydroxylation is 1. The zero-order valence-electron chi connectivity index (χ0n) is 12.3. The molecule has 0 saturated carbocycles. The number of rotatable bonds is 4. The fraction of sp³-hybridized carbons (Fsp3) is 0.562. The Bertz CT molecular complexity index is 630. The number of halogens is 2. The highest BCUT2D eigenvalue weighted by molar-refractivity contribution is 6.42. The highest BCUT2D eigenvalue weighted by Crippen LogP contribution is 2.29. The van der Waals surface area contributed by atoms with Gasteiger partial charge in [-0.1, -0.05) is 30.1 Å². The van der Waals surface area contributed by atoms with E-state index in [0.29, 0.717) is 16.0 Å². The van der Waals surface area contributed by atoms with Crippen LogP contribution in [0, 0.1) is 5.92 Å². The molecule has 1 aromatic carbocycles. The molecule has 21 heavy (non-hydrogen) atoms. The molecule has 0 radical (unpaired) electrons. The summed E-state index contributed by atoms with van der Waals surface area (Å²) in [7, 11) is 0. The Balaban J connectivity index is 2.00. The first-order valence-corrected chi connectivity index (χ1v) is 8.49. The van der Waals surface area contributed by atoms with Crippen molar-refractivity contribution in [2.75, 3.05) is 13.1 Å². The zero-order valence-corrected chi connectivity index (χ0v) is 13.8. The topological polar surface area (TPSA) is 29.9 Å². The molecule has 3 nitrogen and oxygen atoms in total. The molecule has 0 amide bonds. The summed E-state index contributed by atoms with van der Waals surface area (Å²) in [4.78, 5) is 4.77. The average molecular weight is 326 g/mol. The van der Waals surface area contributed by atoms with Gasteiger partial charge in [-0.15, -0.1) is 0 Å². The first kappa shape index (κ1) is 15.1. The predicted molar refractivity (Wildman–Crippen MR) is 89.3 cm³/mol. The van der Waals surface area contributed by atoms with Gasteiger partial charge >= 0.3 is 0 Å². The van der Waals surface area contributed by atoms with Crippen LogP contribution in [0.5, 0.6) is 0 Å². The maximum absolute atomic E-state index is 6.20. The Hall–Kier alpha value is -0.770. The minimum absolute atomic E-state index is 0.580. The van der Waals surface area contributed by atoms with Gasteiger partial charge in [-0.2, -0.15) is 0 Å². The Morgan fingerprint density at radius 1 is 1.33 bits per heavy atom. The maximum Gasteiger partial charge on any atom is 0.109 e. The number of hydrogen-bond donors (Lipinski definition) is 1. The molecule has 1 aromatic heterocycles. The molecule has 114 valence electrons. The molecule has 1 fully saturated rings. The molecule has 2 heterocycles. The predicted octanol–water partition coefficient (Wildman–Crippen LogP) is 4.30. The Labute approximate surface area is 135 Å². The van der Waals surface area contributed by atoms with Gasteiger partial charge in [0.25, 0.3) is 0 Å². The second-order valence-electron chi connectivity index (χ2n) is 5.86. The van der Waals surface area contributed by atoms with Gasteiger partial charge < -0.3 is 9.88 Å². The van der Waals surface area contributed by atoms with Crippen LogP contribution in [-0.2, 0) is 13.0 Å². The first-order chi connectivity index (χ1) is 10.2. The van der Waals surface area contributed by atoms with E-state index in [0.717, 1.165) is 49.3 Å². The third-order valence-corrected chi connectivity index (χ3v) is 4.90. The van der Waals surface area contributed by atoms with E-state index in [2.05, 4.69) is 16.8 Å². The summed E-state index contributed by atoms with van der Waals surface area (Å²) < 4.78 is 2.35. The first-order valence-electron chi connectivity index (χ1n) is 7.74. The molecule has 0 bridgehead atoms. The number of fused-ring (bicyclic) bond motifs is 1. The molecule has 1 N–H and O–H groups in total. The van der Waals surface area contributed by atoms with E-state index in [1.165, 1.54) is 12.8 Å². The number of benzene rings is 1. The third kappa shape index (κ3) is 3.20. The maximum atomic E-state index is 6.20. The molecule has 2 aromatic rings. The van der Waals surface area contributed by atoms with E-state index in [-0.39, 0.29) is 0 Å². The molecular formula is C16H21Cl2N3. The third-order valence-electron chi connectivity index (χ3n) is 4.18. The number of hydrogen-bond acceptors (Lipinski definition) is 2. The van der Waals surface area contributed by atoms with E-state index in [4.69, 9.17) is 28.2 Å². The smallest absolute Gasteiger partial charge is 0.109 e. The lowest BCUT2D eigenvalue weighted by Crippen LogP contribution is -2.32. The lowest BCUT2D eigenvalue weighted by Gasteiger charge is -2.24. The normalized spacial score (nSPS) is 19.3. The van der Waals surface area contributed by atoms with Crippen molar-refractivity contribution in [1.29, 1.82) is 0 Å². The summed E-state index contributed by atoms with van der Waals surface area (Å²) >= 11 is 12.3. The van der Waals surface area contributed by atoms with Gasteiger partial charge in [-0.25, -0.2) is 4.98 Å². The number of nitrogens with one attached hydrogen (secondary N) is 1. The van der Waals surface area contributed by atoms with Gasteiger partial charge in [0.1, 0.15) is 5.82 Å². The summed E-state index contributed by atoms with van der Waals surface area (Å²) in [6, 6.07) is 3.84. The molecule has 1 unspecified atom stereocenters. The molecular weight excluding hydrogens is 305 g/mol. The lowest BCUT2D eigenvalue weighted by atomic mass is 9.99. The van der Waals surface area contributed by atoms with Crippen LogP contribution < -0.4 is 5.32 Å². The molecule has 3 rings (SSSR count). The largest absolute Gasteiger partial charge is 0.328 e. The van der Waals surface area contributed by atoms with Crippen molar-refractivity contribution < 1.29 is 0 Å². The van der Waals surface area contributed by atoms with E-state index in [1.807, 2.05) is 12.1 Å². The molecule has 5 heteroatoms. The lowest BCUT2D eigenvalue weighted by molar-refractivity contribution is 0.336. The van der Waals surface area contributed by atoms with Gasteiger partial charge in [-0.3, -0.25) is 0 Å². The Morgan fingerprint density at radius 3 is 2.86 bits per heavy atom. The number of nitrogens with zero attached hydrogens (tertiary/aromatic N) is 2. The van der Waals surface area contributed by atoms with Gasteiger partial charge in [0, 0.05) is 13.0 Å². The van der Waals surface area contributed by atoms with Crippen molar-refractivity contribution in [2.24, 2.45) is 5.92 Å². The molecule has 0 spiro atoms. The summed E-state index contributed by atoms with van der Waals surface area (Å²) in [5.74, 6) is 1.82. The van der Waals surface area contributed by atoms with Gasteiger partial charge in [-0.05, 0) is 50.4 Å². The van der Waals surface area contributed by atoms with Crippen LogP contribution in [0.2, 0.25) is 10.0 Å². The quantitative estimate of drug-likeness (QED) is 0.908. The molecule has 1 aliphatic heterocycles. The van der Waals surface area contributed by atoms with E-state index >= 15 is 0 Å². The average Bonchev–Trinajstić information content (AvgIpc) is 2.79. The molecule has 1 aliphatic rings. The Kier molecular flexibility index (Phi) is 4.72. The van der Waals surface area contributed by atoms with Crippen LogP contribution >= 0.6 is 23.2 Å². The fourth-order valence-electron chi connectivity index (χ4n) is 3.13. The summed E-state index contributed by atoms with van der Waals surface area (Å²) in [5.41, 5.74) is 2.06. The van der Waals surface area contributed by atoms with E-state index < -0.39 is 0 Å². The zero-order chi connectivity index (χ0) is 14.8. The highest BCUT2D eigenvalue weighted by atomic mass is 35.5. The number of piperidine rings is 1. The van der Waals surface area contributed by atoms with E-state index in [1.54, 1.807) is 0 Å². The highest BCUT2D eigenvalue weighted by Gasteiger charge is 2.18. The van der Waals surface area contributed by atoms with Gasteiger partial charge in [0.15, 0.2) is 0 Å². The standard InChI is InChI=1S/C16H21Cl2N3/c1-2-4-16-20-14-7-12(17)13(18)8-15(14)21(16)10-11-5-3-6-19-9-11/h7-8,11,19H,2-6,9-10H2,1H3. The minimum atomic E-state index is 0.580. The SMILES string of the molecule is CCCc1nc2cc(Cl)c(Cl)cc2n1CC1CCCNC1. The van der Waals surface area contributed by atoms with Crippen molar-refractivity contribution in [2.45, 2.75) is 39.2 Å². The monoisotopic (exact) mass is 325 g/mol.